The van der Waals surface area contributed by atoms with E-state index in [0.717, 1.165) is 11.3 Å². The predicted molar refractivity (Wildman–Crippen MR) is 134 cm³/mol. The van der Waals surface area contributed by atoms with Gasteiger partial charge in [0.05, 0.1) is 19.6 Å². The fourth-order valence-electron chi connectivity index (χ4n) is 3.94. The van der Waals surface area contributed by atoms with Crippen LogP contribution >= 0.6 is 11.6 Å². The van der Waals surface area contributed by atoms with Crippen molar-refractivity contribution in [2.24, 2.45) is 0 Å². The molecule has 1 aliphatic rings. The van der Waals surface area contributed by atoms with Crippen LogP contribution in [0.4, 0.5) is 10.1 Å². The number of piperazine rings is 1. The van der Waals surface area contributed by atoms with Crippen molar-refractivity contribution >= 4 is 29.1 Å². The lowest BCUT2D eigenvalue weighted by Crippen LogP contribution is -2.51. The van der Waals surface area contributed by atoms with E-state index in [1.165, 1.54) is 12.1 Å². The highest BCUT2D eigenvalue weighted by atomic mass is 35.5. The van der Waals surface area contributed by atoms with Crippen LogP contribution in [0.1, 0.15) is 5.76 Å². The summed E-state index contributed by atoms with van der Waals surface area (Å²) in [5.74, 6) is 0.873. The highest BCUT2D eigenvalue weighted by molar-refractivity contribution is 6.30. The van der Waals surface area contributed by atoms with Crippen molar-refractivity contribution in [3.05, 3.63) is 77.3 Å². The summed E-state index contributed by atoms with van der Waals surface area (Å²) in [7, 11) is 1.76. The molecule has 4 rings (SSSR count). The number of rotatable bonds is 8. The Kier molecular flexibility index (Phi) is 8.17. The highest BCUT2D eigenvalue weighted by Crippen LogP contribution is 2.24. The molecule has 0 atom stereocenters. The van der Waals surface area contributed by atoms with Gasteiger partial charge in [-0.3, -0.25) is 19.4 Å². The van der Waals surface area contributed by atoms with Gasteiger partial charge in [-0.15, -0.1) is 0 Å². The van der Waals surface area contributed by atoms with Crippen LogP contribution in [0, 0.1) is 5.82 Å². The Hall–Kier alpha value is -3.20. The number of benzene rings is 2. The molecule has 0 spiro atoms. The van der Waals surface area contributed by atoms with Crippen LogP contribution in [-0.4, -0.2) is 72.8 Å². The Morgan fingerprint density at radius 2 is 1.69 bits per heavy atom. The van der Waals surface area contributed by atoms with E-state index in [1.54, 1.807) is 24.1 Å². The SMILES string of the molecule is CN(Cc1ccc(-c2ccc(Cl)cc2)o1)C(=O)CN1CCN(CC(=O)Nc2cccc(F)c2)CC1. The van der Waals surface area contributed by atoms with Crippen LogP contribution in [0.15, 0.2) is 65.1 Å². The van der Waals surface area contributed by atoms with Gasteiger partial charge in [0.2, 0.25) is 11.8 Å². The lowest BCUT2D eigenvalue weighted by molar-refractivity contribution is -0.132. The Labute approximate surface area is 209 Å². The summed E-state index contributed by atoms with van der Waals surface area (Å²) in [4.78, 5) is 30.8. The molecular weight excluding hydrogens is 471 g/mol. The quantitative estimate of drug-likeness (QED) is 0.509. The zero-order valence-corrected chi connectivity index (χ0v) is 20.3. The summed E-state index contributed by atoms with van der Waals surface area (Å²) in [5, 5.41) is 3.38. The van der Waals surface area contributed by atoms with Gasteiger partial charge in [0.25, 0.3) is 0 Å². The maximum absolute atomic E-state index is 13.3. The summed E-state index contributed by atoms with van der Waals surface area (Å²) in [6, 6.07) is 17.0. The van der Waals surface area contributed by atoms with Crippen molar-refractivity contribution < 1.29 is 18.4 Å². The fourth-order valence-corrected chi connectivity index (χ4v) is 4.07. The third kappa shape index (κ3) is 7.14. The molecule has 1 N–H and O–H groups in total. The standard InChI is InChI=1S/C26H28ClFN4O3/c1-30(16-23-9-10-24(35-23)19-5-7-20(27)8-6-19)26(34)18-32-13-11-31(12-14-32)17-25(33)29-22-4-2-3-21(28)15-22/h2-10,15H,11-14,16-18H2,1H3,(H,29,33). The molecule has 7 nitrogen and oxygen atoms in total. The van der Waals surface area contributed by atoms with Gasteiger partial charge in [-0.05, 0) is 54.6 Å². The number of likely N-dealkylation sites (N-methyl/N-ethyl adjacent to an activating group) is 1. The van der Waals surface area contributed by atoms with Crippen molar-refractivity contribution in [1.82, 2.24) is 14.7 Å². The van der Waals surface area contributed by atoms with Crippen molar-refractivity contribution in [1.29, 1.82) is 0 Å². The largest absolute Gasteiger partial charge is 0.459 e. The number of nitrogens with zero attached hydrogens (tertiary/aromatic N) is 3. The van der Waals surface area contributed by atoms with Gasteiger partial charge in [0.1, 0.15) is 17.3 Å². The lowest BCUT2D eigenvalue weighted by atomic mass is 10.2. The van der Waals surface area contributed by atoms with E-state index >= 15 is 0 Å². The molecule has 1 fully saturated rings. The number of nitrogens with one attached hydrogen (secondary N) is 1. The lowest BCUT2D eigenvalue weighted by Gasteiger charge is -2.34. The molecule has 1 aliphatic heterocycles. The summed E-state index contributed by atoms with van der Waals surface area (Å²) >= 11 is 5.94. The Morgan fingerprint density at radius 1 is 1.00 bits per heavy atom. The zero-order valence-electron chi connectivity index (χ0n) is 19.5. The molecule has 1 saturated heterocycles. The molecule has 0 radical (unpaired) electrons. The Bertz CT molecular complexity index is 1160. The van der Waals surface area contributed by atoms with E-state index in [2.05, 4.69) is 10.2 Å². The van der Waals surface area contributed by atoms with E-state index in [0.29, 0.717) is 55.7 Å². The van der Waals surface area contributed by atoms with Gasteiger partial charge >= 0.3 is 0 Å². The molecule has 2 aromatic carbocycles. The first-order chi connectivity index (χ1) is 16.9. The topological polar surface area (TPSA) is 69.0 Å². The minimum absolute atomic E-state index is 0.00624. The molecule has 9 heteroatoms. The van der Waals surface area contributed by atoms with Crippen LogP contribution in [0.2, 0.25) is 5.02 Å². The van der Waals surface area contributed by atoms with Gasteiger partial charge in [0, 0.05) is 49.5 Å². The fraction of sp³-hybridized carbons (Fsp3) is 0.308. The van der Waals surface area contributed by atoms with Crippen LogP contribution in [0.5, 0.6) is 0 Å². The molecule has 3 aromatic rings. The monoisotopic (exact) mass is 498 g/mol. The minimum atomic E-state index is -0.389. The third-order valence-electron chi connectivity index (χ3n) is 5.91. The first-order valence-electron chi connectivity index (χ1n) is 11.4. The highest BCUT2D eigenvalue weighted by Gasteiger charge is 2.22. The van der Waals surface area contributed by atoms with Crippen LogP contribution in [-0.2, 0) is 16.1 Å². The van der Waals surface area contributed by atoms with Crippen LogP contribution < -0.4 is 5.32 Å². The van der Waals surface area contributed by atoms with Crippen LogP contribution in [0.3, 0.4) is 0 Å². The number of carbonyl (C=O) groups is 2. The molecular formula is C26H28ClFN4O3. The van der Waals surface area contributed by atoms with Gasteiger partial charge < -0.3 is 14.6 Å². The summed E-state index contributed by atoms with van der Waals surface area (Å²) in [6.07, 6.45) is 0. The smallest absolute Gasteiger partial charge is 0.238 e. The predicted octanol–water partition coefficient (Wildman–Crippen LogP) is 3.95. The molecule has 2 heterocycles. The number of furan rings is 1. The number of carbonyl (C=O) groups excluding carboxylic acids is 2. The van der Waals surface area contributed by atoms with Crippen molar-refractivity contribution in [3.63, 3.8) is 0 Å². The zero-order chi connectivity index (χ0) is 24.8. The number of hydrogen-bond donors (Lipinski definition) is 1. The Balaban J connectivity index is 1.19. The second-order valence-corrected chi connectivity index (χ2v) is 9.07. The number of anilines is 1. The number of halogens is 2. The van der Waals surface area contributed by atoms with E-state index in [9.17, 15) is 14.0 Å². The molecule has 35 heavy (non-hydrogen) atoms. The maximum Gasteiger partial charge on any atom is 0.238 e. The molecule has 0 aliphatic carbocycles. The van der Waals surface area contributed by atoms with Crippen molar-refractivity contribution in [3.8, 4) is 11.3 Å². The normalized spacial score (nSPS) is 14.6. The van der Waals surface area contributed by atoms with E-state index in [-0.39, 0.29) is 24.2 Å². The average Bonchev–Trinajstić information content (AvgIpc) is 3.29. The third-order valence-corrected chi connectivity index (χ3v) is 6.16. The molecule has 184 valence electrons. The van der Waals surface area contributed by atoms with Gasteiger partial charge in [-0.25, -0.2) is 4.39 Å². The van der Waals surface area contributed by atoms with Gasteiger partial charge in [0.15, 0.2) is 0 Å². The first kappa shape index (κ1) is 24.9. The maximum atomic E-state index is 13.3. The first-order valence-corrected chi connectivity index (χ1v) is 11.8. The average molecular weight is 499 g/mol. The summed E-state index contributed by atoms with van der Waals surface area (Å²) in [6.45, 7) is 3.65. The summed E-state index contributed by atoms with van der Waals surface area (Å²) < 4.78 is 19.2. The number of hydrogen-bond acceptors (Lipinski definition) is 5. The molecule has 0 saturated carbocycles. The van der Waals surface area contributed by atoms with E-state index in [1.807, 2.05) is 41.3 Å². The van der Waals surface area contributed by atoms with Crippen LogP contribution in [0.25, 0.3) is 11.3 Å². The molecule has 2 amide bonds. The second kappa shape index (κ2) is 11.5. The summed E-state index contributed by atoms with van der Waals surface area (Å²) in [5.41, 5.74) is 1.37. The minimum Gasteiger partial charge on any atom is -0.459 e. The van der Waals surface area contributed by atoms with Crippen molar-refractivity contribution in [2.45, 2.75) is 6.54 Å². The number of amides is 2. The second-order valence-electron chi connectivity index (χ2n) is 8.63. The molecule has 0 bridgehead atoms. The molecule has 0 unspecified atom stereocenters. The van der Waals surface area contributed by atoms with Gasteiger partial charge in [-0.2, -0.15) is 0 Å². The van der Waals surface area contributed by atoms with Crippen molar-refractivity contribution in [2.75, 3.05) is 51.6 Å². The van der Waals surface area contributed by atoms with E-state index < -0.39 is 0 Å². The molecule has 1 aromatic heterocycles. The van der Waals surface area contributed by atoms with Gasteiger partial charge in [-0.1, -0.05) is 17.7 Å². The Morgan fingerprint density at radius 3 is 2.37 bits per heavy atom. The van der Waals surface area contributed by atoms with E-state index in [4.69, 9.17) is 16.0 Å².